The third kappa shape index (κ3) is 5.06. The molecule has 0 fully saturated rings. The maximum absolute atomic E-state index is 13.5. The van der Waals surface area contributed by atoms with Crippen LogP contribution < -0.4 is 10.1 Å². The van der Waals surface area contributed by atoms with Gasteiger partial charge in [0.15, 0.2) is 0 Å². The van der Waals surface area contributed by atoms with E-state index in [9.17, 15) is 4.39 Å². The van der Waals surface area contributed by atoms with E-state index in [4.69, 9.17) is 14.7 Å². The fourth-order valence-electron chi connectivity index (χ4n) is 3.70. The third-order valence-corrected chi connectivity index (χ3v) is 6.52. The van der Waals surface area contributed by atoms with Crippen molar-refractivity contribution in [3.8, 4) is 5.75 Å². The summed E-state index contributed by atoms with van der Waals surface area (Å²) in [6.07, 6.45) is 0. The van der Waals surface area contributed by atoms with E-state index in [2.05, 4.69) is 30.1 Å². The van der Waals surface area contributed by atoms with Crippen molar-refractivity contribution in [2.24, 2.45) is 0 Å². The quantitative estimate of drug-likeness (QED) is 0.373. The predicted molar refractivity (Wildman–Crippen MR) is 129 cm³/mol. The van der Waals surface area contributed by atoms with Gasteiger partial charge >= 0.3 is 0 Å². The first-order valence-corrected chi connectivity index (χ1v) is 11.3. The lowest BCUT2D eigenvalue weighted by Crippen LogP contribution is -2.19. The van der Waals surface area contributed by atoms with Gasteiger partial charge in [0.05, 0.1) is 19.0 Å². The summed E-state index contributed by atoms with van der Waals surface area (Å²) in [6, 6.07) is 14.7. The lowest BCUT2D eigenvalue weighted by Gasteiger charge is -2.17. The van der Waals surface area contributed by atoms with Crippen LogP contribution >= 0.6 is 11.3 Å². The van der Waals surface area contributed by atoms with Gasteiger partial charge < -0.3 is 10.1 Å². The number of hydrogen-bond donors (Lipinski definition) is 1. The fraction of sp³-hybridized carbons (Fsp3) is 0.280. The molecule has 0 atom stereocenters. The number of nitrogens with one attached hydrogen (secondary N) is 1. The molecule has 0 aliphatic rings. The van der Waals surface area contributed by atoms with Crippen LogP contribution in [0.15, 0.2) is 48.5 Å². The van der Waals surface area contributed by atoms with E-state index in [0.717, 1.165) is 38.7 Å². The Kier molecular flexibility index (Phi) is 6.67. The van der Waals surface area contributed by atoms with Gasteiger partial charge in [0.2, 0.25) is 0 Å². The molecular formula is C25H27FN4OS. The Labute approximate surface area is 191 Å². The minimum Gasteiger partial charge on any atom is -0.497 e. The molecule has 5 nitrogen and oxygen atoms in total. The number of ether oxygens (including phenoxy) is 1. The van der Waals surface area contributed by atoms with Gasteiger partial charge in [-0.3, -0.25) is 4.90 Å². The molecule has 0 bridgehead atoms. The van der Waals surface area contributed by atoms with Crippen LogP contribution in [0.3, 0.4) is 0 Å². The maximum Gasteiger partial charge on any atom is 0.146 e. The third-order valence-electron chi connectivity index (χ3n) is 5.42. The molecule has 0 saturated carbocycles. The SMILES string of the molecule is COc1cccc(CNc2nc(CN(C)Cc3cccc(F)c3)nc3sc(C)c(C)c23)c1. The number of aromatic nitrogens is 2. The number of nitrogens with zero attached hydrogens (tertiary/aromatic N) is 3. The van der Waals surface area contributed by atoms with E-state index in [1.165, 1.54) is 16.5 Å². The maximum atomic E-state index is 13.5. The molecule has 0 radical (unpaired) electrons. The van der Waals surface area contributed by atoms with Crippen LogP contribution in [0.1, 0.15) is 27.4 Å². The largest absolute Gasteiger partial charge is 0.497 e. The van der Waals surface area contributed by atoms with Crippen LogP contribution in [0.2, 0.25) is 0 Å². The minimum absolute atomic E-state index is 0.220. The molecule has 7 heteroatoms. The molecular weight excluding hydrogens is 423 g/mol. The highest BCUT2D eigenvalue weighted by molar-refractivity contribution is 7.18. The summed E-state index contributed by atoms with van der Waals surface area (Å²) in [6.45, 7) is 6.05. The normalized spacial score (nSPS) is 11.3. The summed E-state index contributed by atoms with van der Waals surface area (Å²) in [7, 11) is 3.66. The smallest absolute Gasteiger partial charge is 0.146 e. The Morgan fingerprint density at radius 1 is 1.03 bits per heavy atom. The summed E-state index contributed by atoms with van der Waals surface area (Å²) in [5.74, 6) is 2.20. The Bertz CT molecular complexity index is 1240. The molecule has 0 aliphatic heterocycles. The summed E-state index contributed by atoms with van der Waals surface area (Å²) >= 11 is 1.69. The fourth-order valence-corrected chi connectivity index (χ4v) is 4.75. The van der Waals surface area contributed by atoms with Gasteiger partial charge in [0, 0.05) is 18.0 Å². The number of anilines is 1. The predicted octanol–water partition coefficient (Wildman–Crippen LogP) is 5.70. The van der Waals surface area contributed by atoms with E-state index < -0.39 is 0 Å². The standard InChI is InChI=1S/C25H27FN4OS/c1-16-17(2)32-25-23(16)24(27-13-18-7-6-10-21(12-18)31-4)28-22(29-25)15-30(3)14-19-8-5-9-20(26)11-19/h5-12H,13-15H2,1-4H3,(H,27,28,29). The number of thiophene rings is 1. The van der Waals surface area contributed by atoms with Crippen LogP contribution in [-0.2, 0) is 19.6 Å². The van der Waals surface area contributed by atoms with Crippen LogP contribution in [0, 0.1) is 19.7 Å². The van der Waals surface area contributed by atoms with Crippen molar-refractivity contribution in [2.75, 3.05) is 19.5 Å². The van der Waals surface area contributed by atoms with Gasteiger partial charge in [-0.2, -0.15) is 0 Å². The second kappa shape index (κ2) is 9.63. The summed E-state index contributed by atoms with van der Waals surface area (Å²) in [5, 5.41) is 4.59. The Morgan fingerprint density at radius 3 is 2.59 bits per heavy atom. The molecule has 2 aromatic heterocycles. The average molecular weight is 451 g/mol. The van der Waals surface area contributed by atoms with Crippen LogP contribution in [0.4, 0.5) is 10.2 Å². The number of rotatable bonds is 8. The second-order valence-electron chi connectivity index (χ2n) is 7.96. The lowest BCUT2D eigenvalue weighted by atomic mass is 10.2. The van der Waals surface area contributed by atoms with Crippen molar-refractivity contribution in [1.82, 2.24) is 14.9 Å². The lowest BCUT2D eigenvalue weighted by molar-refractivity contribution is 0.310. The van der Waals surface area contributed by atoms with Gasteiger partial charge in [-0.1, -0.05) is 24.3 Å². The summed E-state index contributed by atoms with van der Waals surface area (Å²) in [4.78, 5) is 14.0. The van der Waals surface area contributed by atoms with Crippen molar-refractivity contribution in [2.45, 2.75) is 33.5 Å². The molecule has 0 unspecified atom stereocenters. The van der Waals surface area contributed by atoms with Gasteiger partial charge in [0.25, 0.3) is 0 Å². The van der Waals surface area contributed by atoms with E-state index in [1.807, 2.05) is 31.3 Å². The zero-order valence-electron chi connectivity index (χ0n) is 18.8. The number of benzene rings is 2. The zero-order chi connectivity index (χ0) is 22.7. The molecule has 0 spiro atoms. The molecule has 2 aromatic carbocycles. The van der Waals surface area contributed by atoms with E-state index >= 15 is 0 Å². The van der Waals surface area contributed by atoms with Gasteiger partial charge in [-0.05, 0) is 61.9 Å². The van der Waals surface area contributed by atoms with Crippen LogP contribution in [0.5, 0.6) is 5.75 Å². The first-order valence-electron chi connectivity index (χ1n) is 10.5. The van der Waals surface area contributed by atoms with Gasteiger partial charge in [0.1, 0.15) is 28.0 Å². The molecule has 32 heavy (non-hydrogen) atoms. The highest BCUT2D eigenvalue weighted by Crippen LogP contribution is 2.33. The Morgan fingerprint density at radius 2 is 1.81 bits per heavy atom. The molecule has 4 aromatic rings. The van der Waals surface area contributed by atoms with Crippen molar-refractivity contribution < 1.29 is 9.13 Å². The van der Waals surface area contributed by atoms with E-state index in [-0.39, 0.29) is 5.82 Å². The van der Waals surface area contributed by atoms with Crippen LogP contribution in [-0.4, -0.2) is 29.0 Å². The topological polar surface area (TPSA) is 50.3 Å². The number of methoxy groups -OCH3 is 1. The van der Waals surface area contributed by atoms with Crippen molar-refractivity contribution >= 4 is 27.4 Å². The van der Waals surface area contributed by atoms with Crippen molar-refractivity contribution in [3.63, 3.8) is 0 Å². The first-order chi connectivity index (χ1) is 15.4. The number of halogens is 1. The van der Waals surface area contributed by atoms with Crippen molar-refractivity contribution in [3.05, 3.63) is 81.7 Å². The monoisotopic (exact) mass is 450 g/mol. The zero-order valence-corrected chi connectivity index (χ0v) is 19.6. The summed E-state index contributed by atoms with van der Waals surface area (Å²) in [5.41, 5.74) is 3.25. The number of aryl methyl sites for hydroxylation is 2. The van der Waals surface area contributed by atoms with Crippen LogP contribution in [0.25, 0.3) is 10.2 Å². The number of hydrogen-bond acceptors (Lipinski definition) is 6. The second-order valence-corrected chi connectivity index (χ2v) is 9.16. The first kappa shape index (κ1) is 22.2. The average Bonchev–Trinajstić information content (AvgIpc) is 3.05. The highest BCUT2D eigenvalue weighted by Gasteiger charge is 2.16. The highest BCUT2D eigenvalue weighted by atomic mass is 32.1. The molecule has 2 heterocycles. The molecule has 1 N–H and O–H groups in total. The molecule has 0 saturated heterocycles. The van der Waals surface area contributed by atoms with Gasteiger partial charge in [-0.15, -0.1) is 11.3 Å². The van der Waals surface area contributed by atoms with Crippen molar-refractivity contribution in [1.29, 1.82) is 0 Å². The molecule has 4 rings (SSSR count). The number of fused-ring (bicyclic) bond motifs is 1. The van der Waals surface area contributed by atoms with Gasteiger partial charge in [-0.25, -0.2) is 14.4 Å². The summed E-state index contributed by atoms with van der Waals surface area (Å²) < 4.78 is 18.9. The Hall–Kier alpha value is -3.03. The minimum atomic E-state index is -0.220. The Balaban J connectivity index is 1.58. The van der Waals surface area contributed by atoms with E-state index in [0.29, 0.717) is 19.6 Å². The molecule has 0 aliphatic carbocycles. The molecule has 0 amide bonds. The molecule has 166 valence electrons. The van der Waals surface area contributed by atoms with E-state index in [1.54, 1.807) is 30.6 Å².